The molecule has 0 bridgehead atoms. The summed E-state index contributed by atoms with van der Waals surface area (Å²) < 4.78 is 10.6. The van der Waals surface area contributed by atoms with Crippen LogP contribution in [0.4, 0.5) is 5.69 Å². The van der Waals surface area contributed by atoms with E-state index in [2.05, 4.69) is 4.90 Å². The number of anilines is 1. The van der Waals surface area contributed by atoms with Gasteiger partial charge < -0.3 is 9.47 Å². The molecule has 0 spiro atoms. The van der Waals surface area contributed by atoms with Crippen molar-refractivity contribution in [2.75, 3.05) is 24.8 Å². The molecule has 2 saturated heterocycles. The fourth-order valence-electron chi connectivity index (χ4n) is 3.43. The Hall–Kier alpha value is -2.08. The van der Waals surface area contributed by atoms with Gasteiger partial charge in [0.15, 0.2) is 11.5 Å². The number of ether oxygens (including phenoxy) is 2. The Kier molecular flexibility index (Phi) is 3.26. The summed E-state index contributed by atoms with van der Waals surface area (Å²) in [4.78, 5) is 28.5. The molecule has 116 valence electrons. The van der Waals surface area contributed by atoms with E-state index in [-0.39, 0.29) is 31.1 Å². The predicted octanol–water partition coefficient (Wildman–Crippen LogP) is 1.53. The van der Waals surface area contributed by atoms with Crippen LogP contribution in [-0.2, 0) is 9.59 Å². The van der Waals surface area contributed by atoms with Crippen LogP contribution in [0.15, 0.2) is 18.2 Å². The Morgan fingerprint density at radius 2 is 1.77 bits per heavy atom. The molecule has 6 heteroatoms. The van der Waals surface area contributed by atoms with E-state index in [1.54, 1.807) is 18.2 Å². The quantitative estimate of drug-likeness (QED) is 0.776. The van der Waals surface area contributed by atoms with E-state index < -0.39 is 0 Å². The van der Waals surface area contributed by atoms with Crippen LogP contribution < -0.4 is 14.4 Å². The summed E-state index contributed by atoms with van der Waals surface area (Å²) in [5.74, 6) is 0.972. The van der Waals surface area contributed by atoms with Crippen molar-refractivity contribution in [3.63, 3.8) is 0 Å². The minimum absolute atomic E-state index is 0.120. The number of imide groups is 1. The van der Waals surface area contributed by atoms with Gasteiger partial charge >= 0.3 is 0 Å². The third-order valence-corrected chi connectivity index (χ3v) is 4.57. The Bertz CT molecular complexity index is 625. The molecule has 3 aliphatic heterocycles. The monoisotopic (exact) mass is 302 g/mol. The Morgan fingerprint density at radius 3 is 2.59 bits per heavy atom. The molecule has 2 fully saturated rings. The van der Waals surface area contributed by atoms with Crippen LogP contribution in [0.2, 0.25) is 0 Å². The topological polar surface area (TPSA) is 59.1 Å². The van der Waals surface area contributed by atoms with Crippen molar-refractivity contribution < 1.29 is 19.1 Å². The van der Waals surface area contributed by atoms with Crippen molar-refractivity contribution in [2.45, 2.75) is 31.7 Å². The second-order valence-corrected chi connectivity index (χ2v) is 5.92. The van der Waals surface area contributed by atoms with Crippen molar-refractivity contribution in [1.29, 1.82) is 0 Å². The van der Waals surface area contributed by atoms with Gasteiger partial charge in [-0.1, -0.05) is 6.42 Å². The highest BCUT2D eigenvalue weighted by Crippen LogP contribution is 2.37. The van der Waals surface area contributed by atoms with Crippen LogP contribution >= 0.6 is 0 Å². The van der Waals surface area contributed by atoms with Gasteiger partial charge in [0.2, 0.25) is 12.7 Å². The first-order valence-corrected chi connectivity index (χ1v) is 7.74. The molecule has 0 saturated carbocycles. The number of fused-ring (bicyclic) bond motifs is 1. The summed E-state index contributed by atoms with van der Waals surface area (Å²) in [6, 6.07) is 4.88. The number of benzene rings is 1. The molecule has 3 heterocycles. The Balaban J connectivity index is 1.59. The minimum atomic E-state index is -0.307. The molecule has 6 nitrogen and oxygen atoms in total. The molecule has 0 N–H and O–H groups in total. The number of hydrogen-bond acceptors (Lipinski definition) is 5. The number of hydrogen-bond donors (Lipinski definition) is 0. The lowest BCUT2D eigenvalue weighted by molar-refractivity contribution is -0.123. The Morgan fingerprint density at radius 1 is 1.00 bits per heavy atom. The second kappa shape index (κ2) is 5.28. The van der Waals surface area contributed by atoms with Gasteiger partial charge in [-0.2, -0.15) is 0 Å². The first-order chi connectivity index (χ1) is 10.7. The smallest absolute Gasteiger partial charge is 0.251 e. The van der Waals surface area contributed by atoms with Crippen molar-refractivity contribution in [3.8, 4) is 11.5 Å². The van der Waals surface area contributed by atoms with Crippen LogP contribution in [0.25, 0.3) is 0 Å². The lowest BCUT2D eigenvalue weighted by Gasteiger charge is -2.30. The fraction of sp³-hybridized carbons (Fsp3) is 0.500. The maximum Gasteiger partial charge on any atom is 0.251 e. The first kappa shape index (κ1) is 13.6. The number of amides is 2. The van der Waals surface area contributed by atoms with Crippen molar-refractivity contribution in [2.24, 2.45) is 0 Å². The number of likely N-dealkylation sites (tertiary alicyclic amines) is 1. The molecule has 1 aromatic carbocycles. The molecule has 0 aliphatic carbocycles. The molecule has 0 aromatic heterocycles. The SMILES string of the molecule is O=C1CC(N2CCCCC2)C(=O)N1c1ccc2c(c1)OCO2. The average Bonchev–Trinajstić information content (AvgIpc) is 3.12. The van der Waals surface area contributed by atoms with Gasteiger partial charge in [-0.15, -0.1) is 0 Å². The van der Waals surface area contributed by atoms with E-state index in [0.29, 0.717) is 17.2 Å². The van der Waals surface area contributed by atoms with Crippen LogP contribution in [0.5, 0.6) is 11.5 Å². The van der Waals surface area contributed by atoms with Crippen molar-refractivity contribution >= 4 is 17.5 Å². The number of carbonyl (C=O) groups excluding carboxylic acids is 2. The van der Waals surface area contributed by atoms with Gasteiger partial charge in [0.1, 0.15) is 0 Å². The zero-order valence-corrected chi connectivity index (χ0v) is 12.3. The Labute approximate surface area is 128 Å². The molecule has 2 amide bonds. The van der Waals surface area contributed by atoms with Gasteiger partial charge in [0.05, 0.1) is 18.2 Å². The fourth-order valence-corrected chi connectivity index (χ4v) is 3.43. The van der Waals surface area contributed by atoms with Gasteiger partial charge in [0, 0.05) is 6.07 Å². The average molecular weight is 302 g/mol. The zero-order valence-electron chi connectivity index (χ0n) is 12.3. The van der Waals surface area contributed by atoms with E-state index in [1.807, 2.05) is 0 Å². The molecular formula is C16H18N2O4. The van der Waals surface area contributed by atoms with Gasteiger partial charge in [-0.3, -0.25) is 14.5 Å². The normalized spacial score (nSPS) is 25.1. The van der Waals surface area contributed by atoms with E-state index in [4.69, 9.17) is 9.47 Å². The molecule has 1 unspecified atom stereocenters. The highest BCUT2D eigenvalue weighted by molar-refractivity contribution is 6.22. The third-order valence-electron chi connectivity index (χ3n) is 4.57. The number of piperidine rings is 1. The number of nitrogens with zero attached hydrogens (tertiary/aromatic N) is 2. The van der Waals surface area contributed by atoms with E-state index in [9.17, 15) is 9.59 Å². The lowest BCUT2D eigenvalue weighted by atomic mass is 10.1. The summed E-state index contributed by atoms with van der Waals surface area (Å²) in [6.07, 6.45) is 3.68. The van der Waals surface area contributed by atoms with Gasteiger partial charge in [0.25, 0.3) is 5.91 Å². The van der Waals surface area contributed by atoms with Gasteiger partial charge in [-0.25, -0.2) is 4.90 Å². The minimum Gasteiger partial charge on any atom is -0.454 e. The molecule has 22 heavy (non-hydrogen) atoms. The standard InChI is InChI=1S/C16H18N2O4/c19-15-9-12(17-6-2-1-3-7-17)16(20)18(15)11-4-5-13-14(8-11)22-10-21-13/h4-5,8,12H,1-3,6-7,9-10H2. The molecule has 1 atom stereocenters. The summed E-state index contributed by atoms with van der Waals surface area (Å²) in [7, 11) is 0. The number of carbonyl (C=O) groups is 2. The molecule has 1 aromatic rings. The highest BCUT2D eigenvalue weighted by atomic mass is 16.7. The van der Waals surface area contributed by atoms with Crippen LogP contribution in [-0.4, -0.2) is 42.6 Å². The maximum atomic E-state index is 12.7. The van der Waals surface area contributed by atoms with Gasteiger partial charge in [-0.05, 0) is 38.1 Å². The number of rotatable bonds is 2. The first-order valence-electron chi connectivity index (χ1n) is 7.74. The van der Waals surface area contributed by atoms with Crippen molar-refractivity contribution in [3.05, 3.63) is 18.2 Å². The molecule has 4 rings (SSSR count). The van der Waals surface area contributed by atoms with Crippen LogP contribution in [0.3, 0.4) is 0 Å². The zero-order chi connectivity index (χ0) is 15.1. The summed E-state index contributed by atoms with van der Waals surface area (Å²) >= 11 is 0. The van der Waals surface area contributed by atoms with Crippen molar-refractivity contribution in [1.82, 2.24) is 4.90 Å². The van der Waals surface area contributed by atoms with E-state index >= 15 is 0 Å². The van der Waals surface area contributed by atoms with Crippen LogP contribution in [0, 0.1) is 0 Å². The largest absolute Gasteiger partial charge is 0.454 e. The highest BCUT2D eigenvalue weighted by Gasteiger charge is 2.43. The maximum absolute atomic E-state index is 12.7. The predicted molar refractivity (Wildman–Crippen MR) is 78.9 cm³/mol. The van der Waals surface area contributed by atoms with E-state index in [1.165, 1.54) is 11.3 Å². The van der Waals surface area contributed by atoms with Crippen LogP contribution in [0.1, 0.15) is 25.7 Å². The second-order valence-electron chi connectivity index (χ2n) is 5.92. The molecule has 3 aliphatic rings. The summed E-state index contributed by atoms with van der Waals surface area (Å²) in [6.45, 7) is 1.98. The molecule has 0 radical (unpaired) electrons. The summed E-state index contributed by atoms with van der Waals surface area (Å²) in [5, 5.41) is 0. The third kappa shape index (κ3) is 2.14. The summed E-state index contributed by atoms with van der Waals surface area (Å²) in [5.41, 5.74) is 0.568. The lowest BCUT2D eigenvalue weighted by Crippen LogP contribution is -2.44. The van der Waals surface area contributed by atoms with E-state index in [0.717, 1.165) is 25.9 Å². The molecular weight excluding hydrogens is 284 g/mol.